The van der Waals surface area contributed by atoms with Crippen LogP contribution in [0.4, 0.5) is 5.69 Å². The molecule has 2 fully saturated rings. The molecule has 3 atom stereocenters. The molecule has 5 rings (SSSR count). The van der Waals surface area contributed by atoms with Gasteiger partial charge in [-0.1, -0.05) is 18.2 Å². The van der Waals surface area contributed by atoms with Crippen molar-refractivity contribution in [1.29, 1.82) is 5.26 Å². The third-order valence-corrected chi connectivity index (χ3v) is 6.88. The fourth-order valence-electron chi connectivity index (χ4n) is 5.21. The second kappa shape index (κ2) is 6.89. The van der Waals surface area contributed by atoms with Crippen molar-refractivity contribution in [3.05, 3.63) is 53.6 Å². The number of nitrogens with zero attached hydrogens (tertiary/aromatic N) is 3. The van der Waals surface area contributed by atoms with Crippen molar-refractivity contribution in [3.63, 3.8) is 0 Å². The van der Waals surface area contributed by atoms with Gasteiger partial charge >= 0.3 is 0 Å². The number of benzene rings is 2. The molecule has 0 aromatic heterocycles. The van der Waals surface area contributed by atoms with E-state index in [1.165, 1.54) is 0 Å². The zero-order valence-electron chi connectivity index (χ0n) is 16.6. The zero-order chi connectivity index (χ0) is 20.1. The summed E-state index contributed by atoms with van der Waals surface area (Å²) in [5.41, 5.74) is 4.95. The van der Waals surface area contributed by atoms with E-state index in [1.54, 1.807) is 0 Å². The van der Waals surface area contributed by atoms with Gasteiger partial charge in [0.15, 0.2) is 0 Å². The maximum absolute atomic E-state index is 13.0. The summed E-state index contributed by atoms with van der Waals surface area (Å²) in [6, 6.07) is 16.3. The van der Waals surface area contributed by atoms with Crippen LogP contribution < -0.4 is 4.90 Å². The molecule has 1 amide bonds. The summed E-state index contributed by atoms with van der Waals surface area (Å²) in [5, 5.41) is 19.3. The SMILES string of the molecule is CN1c2ccc(-c3cccc(C#N)c3)cc2[C@@H]2[C@@H](CCN2C(=O)C2CC2)[C@H]1CO. The first-order chi connectivity index (χ1) is 14.1. The van der Waals surface area contributed by atoms with Crippen LogP contribution in [0.1, 0.15) is 36.4 Å². The lowest BCUT2D eigenvalue weighted by Gasteiger charge is -2.44. The van der Waals surface area contributed by atoms with Gasteiger partial charge in [0.25, 0.3) is 0 Å². The van der Waals surface area contributed by atoms with E-state index in [1.807, 2.05) is 31.3 Å². The average Bonchev–Trinajstić information content (AvgIpc) is 3.52. The van der Waals surface area contributed by atoms with Crippen LogP contribution in [0.25, 0.3) is 11.1 Å². The summed E-state index contributed by atoms with van der Waals surface area (Å²) >= 11 is 0. The number of anilines is 1. The van der Waals surface area contributed by atoms with Crippen LogP contribution in [0, 0.1) is 23.2 Å². The quantitative estimate of drug-likeness (QED) is 0.877. The van der Waals surface area contributed by atoms with Crippen LogP contribution in [0.15, 0.2) is 42.5 Å². The second-order valence-electron chi connectivity index (χ2n) is 8.53. The number of amides is 1. The Morgan fingerprint density at radius 2 is 1.97 bits per heavy atom. The van der Waals surface area contributed by atoms with Crippen molar-refractivity contribution in [2.75, 3.05) is 25.1 Å². The maximum Gasteiger partial charge on any atom is 0.226 e. The zero-order valence-corrected chi connectivity index (χ0v) is 16.6. The molecule has 29 heavy (non-hydrogen) atoms. The van der Waals surface area contributed by atoms with Gasteiger partial charge in [-0.15, -0.1) is 0 Å². The van der Waals surface area contributed by atoms with Crippen molar-refractivity contribution in [2.45, 2.75) is 31.3 Å². The van der Waals surface area contributed by atoms with Crippen molar-refractivity contribution in [3.8, 4) is 17.2 Å². The lowest BCUT2D eigenvalue weighted by Crippen LogP contribution is -2.48. The molecule has 1 saturated carbocycles. The highest BCUT2D eigenvalue weighted by molar-refractivity contribution is 5.83. The molecule has 0 unspecified atom stereocenters. The van der Waals surface area contributed by atoms with Gasteiger partial charge in [0.1, 0.15) is 0 Å². The number of fused-ring (bicyclic) bond motifs is 3. The Balaban J connectivity index is 1.61. The van der Waals surface area contributed by atoms with Gasteiger partial charge in [0.2, 0.25) is 5.91 Å². The number of aliphatic hydroxyl groups excluding tert-OH is 1. The topological polar surface area (TPSA) is 67.6 Å². The number of carbonyl (C=O) groups excluding carboxylic acids is 1. The molecule has 2 aromatic rings. The molecule has 5 nitrogen and oxygen atoms in total. The van der Waals surface area contributed by atoms with Crippen molar-refractivity contribution >= 4 is 11.6 Å². The fraction of sp³-hybridized carbons (Fsp3) is 0.417. The van der Waals surface area contributed by atoms with Crippen molar-refractivity contribution in [2.24, 2.45) is 11.8 Å². The minimum atomic E-state index is 0.0190. The number of aliphatic hydroxyl groups is 1. The van der Waals surface area contributed by atoms with Gasteiger partial charge in [-0.3, -0.25) is 4.79 Å². The summed E-state index contributed by atoms with van der Waals surface area (Å²) in [7, 11) is 2.04. The van der Waals surface area contributed by atoms with Crippen LogP contribution >= 0.6 is 0 Å². The number of hydrogen-bond donors (Lipinski definition) is 1. The molecular formula is C24H25N3O2. The van der Waals surface area contributed by atoms with Gasteiger partial charge in [-0.2, -0.15) is 5.26 Å². The van der Waals surface area contributed by atoms with E-state index in [0.717, 1.165) is 48.2 Å². The summed E-state index contributed by atoms with van der Waals surface area (Å²) in [4.78, 5) is 17.3. The van der Waals surface area contributed by atoms with Gasteiger partial charge in [-0.05, 0) is 60.2 Å². The molecule has 0 spiro atoms. The molecule has 2 aliphatic heterocycles. The molecule has 148 valence electrons. The normalized spacial score (nSPS) is 25.3. The van der Waals surface area contributed by atoms with E-state index in [2.05, 4.69) is 34.1 Å². The predicted octanol–water partition coefficient (Wildman–Crippen LogP) is 3.34. The minimum Gasteiger partial charge on any atom is -0.394 e. The largest absolute Gasteiger partial charge is 0.394 e. The average molecular weight is 387 g/mol. The van der Waals surface area contributed by atoms with Gasteiger partial charge in [0, 0.05) is 31.1 Å². The van der Waals surface area contributed by atoms with Gasteiger partial charge in [-0.25, -0.2) is 0 Å². The van der Waals surface area contributed by atoms with E-state index in [0.29, 0.717) is 5.56 Å². The molecule has 1 N–H and O–H groups in total. The summed E-state index contributed by atoms with van der Waals surface area (Å²) in [6.45, 7) is 0.858. The standard InChI is InChI=1S/C24H25N3O2/c1-26-21-8-7-18(17-4-2-3-15(11-17)13-25)12-20(21)23-19(22(26)14-28)9-10-27(23)24(29)16-5-6-16/h2-4,7-8,11-12,16,19,22-23,28H,5-6,9-10,14H2,1H3/t19-,22+,23-/m0/s1. The Morgan fingerprint density at radius 3 is 2.69 bits per heavy atom. The molecule has 0 radical (unpaired) electrons. The molecule has 2 heterocycles. The summed E-state index contributed by atoms with van der Waals surface area (Å²) in [6.07, 6.45) is 2.93. The van der Waals surface area contributed by atoms with E-state index in [-0.39, 0.29) is 36.4 Å². The molecule has 1 saturated heterocycles. The van der Waals surface area contributed by atoms with E-state index < -0.39 is 0 Å². The highest BCUT2D eigenvalue weighted by atomic mass is 16.3. The number of carbonyl (C=O) groups is 1. The van der Waals surface area contributed by atoms with Gasteiger partial charge in [0.05, 0.1) is 30.3 Å². The Hall–Kier alpha value is -2.84. The maximum atomic E-state index is 13.0. The van der Waals surface area contributed by atoms with E-state index >= 15 is 0 Å². The lowest BCUT2D eigenvalue weighted by molar-refractivity contribution is -0.134. The minimum absolute atomic E-state index is 0.0190. The van der Waals surface area contributed by atoms with Crippen LogP contribution in [-0.2, 0) is 4.79 Å². The first-order valence-electron chi connectivity index (χ1n) is 10.4. The number of rotatable bonds is 3. The van der Waals surface area contributed by atoms with Gasteiger partial charge < -0.3 is 14.9 Å². The summed E-state index contributed by atoms with van der Waals surface area (Å²) < 4.78 is 0. The highest BCUT2D eigenvalue weighted by Crippen LogP contribution is 2.50. The number of nitriles is 1. The molecule has 1 aliphatic carbocycles. The lowest BCUT2D eigenvalue weighted by atomic mass is 9.81. The molecule has 2 aromatic carbocycles. The Labute approximate surface area is 171 Å². The fourth-order valence-corrected chi connectivity index (χ4v) is 5.21. The third kappa shape index (κ3) is 2.90. The number of likely N-dealkylation sites (N-methyl/N-ethyl adjacent to an activating group) is 1. The van der Waals surface area contributed by atoms with Crippen LogP contribution in [0.5, 0.6) is 0 Å². The molecule has 3 aliphatic rings. The predicted molar refractivity (Wildman–Crippen MR) is 111 cm³/mol. The first kappa shape index (κ1) is 18.2. The first-order valence-corrected chi connectivity index (χ1v) is 10.4. The van der Waals surface area contributed by atoms with Crippen molar-refractivity contribution < 1.29 is 9.90 Å². The van der Waals surface area contributed by atoms with E-state index in [4.69, 9.17) is 0 Å². The smallest absolute Gasteiger partial charge is 0.226 e. The van der Waals surface area contributed by atoms with Crippen LogP contribution in [0.3, 0.4) is 0 Å². The third-order valence-electron chi connectivity index (χ3n) is 6.88. The number of likely N-dealkylation sites (tertiary alicyclic amines) is 1. The Bertz CT molecular complexity index is 1010. The Kier molecular flexibility index (Phi) is 4.33. The Morgan fingerprint density at radius 1 is 1.17 bits per heavy atom. The molecule has 0 bridgehead atoms. The molecular weight excluding hydrogens is 362 g/mol. The monoisotopic (exact) mass is 387 g/mol. The van der Waals surface area contributed by atoms with Crippen molar-refractivity contribution in [1.82, 2.24) is 4.90 Å². The summed E-state index contributed by atoms with van der Waals surface area (Å²) in [5.74, 6) is 0.711. The highest BCUT2D eigenvalue weighted by Gasteiger charge is 2.49. The van der Waals surface area contributed by atoms with Crippen LogP contribution in [-0.4, -0.2) is 42.2 Å². The second-order valence-corrected chi connectivity index (χ2v) is 8.53. The van der Waals surface area contributed by atoms with E-state index in [9.17, 15) is 15.2 Å². The number of hydrogen-bond acceptors (Lipinski definition) is 4. The molecule has 5 heteroatoms. The van der Waals surface area contributed by atoms with Crippen LogP contribution in [0.2, 0.25) is 0 Å².